The molecule has 1 atom stereocenters. The Balaban J connectivity index is 3.39. The SMILES string of the molecule is CC(C)NC[C@@H](C(N)=O)c1cc(C(F)(F)F)cc(C(F)(F)F)c1. The number of halogens is 6. The minimum Gasteiger partial charge on any atom is -0.369 e. The van der Waals surface area contributed by atoms with Crippen molar-refractivity contribution in [3.8, 4) is 0 Å². The number of carbonyl (C=O) groups is 1. The van der Waals surface area contributed by atoms with Crippen LogP contribution in [0.4, 0.5) is 26.3 Å². The predicted molar refractivity (Wildman–Crippen MR) is 71.5 cm³/mol. The van der Waals surface area contributed by atoms with E-state index >= 15 is 0 Å². The van der Waals surface area contributed by atoms with Crippen LogP contribution in [0.5, 0.6) is 0 Å². The lowest BCUT2D eigenvalue weighted by molar-refractivity contribution is -0.143. The van der Waals surface area contributed by atoms with Crippen molar-refractivity contribution in [2.24, 2.45) is 5.73 Å². The summed E-state index contributed by atoms with van der Waals surface area (Å²) in [6, 6.07) is 0.932. The number of amides is 1. The van der Waals surface area contributed by atoms with Crippen molar-refractivity contribution in [1.29, 1.82) is 0 Å². The van der Waals surface area contributed by atoms with Gasteiger partial charge in [0.2, 0.25) is 5.91 Å². The topological polar surface area (TPSA) is 55.1 Å². The summed E-state index contributed by atoms with van der Waals surface area (Å²) in [5.41, 5.74) is 1.76. The number of carbonyl (C=O) groups excluding carboxylic acids is 1. The number of rotatable bonds is 5. The Bertz CT molecular complexity index is 533. The van der Waals surface area contributed by atoms with Gasteiger partial charge in [-0.1, -0.05) is 13.8 Å². The van der Waals surface area contributed by atoms with Crippen molar-refractivity contribution < 1.29 is 31.1 Å². The fraction of sp³-hybridized carbons (Fsp3) is 0.500. The molecule has 0 saturated carbocycles. The van der Waals surface area contributed by atoms with Crippen molar-refractivity contribution in [1.82, 2.24) is 5.32 Å². The first-order chi connectivity index (χ1) is 10.3. The highest BCUT2D eigenvalue weighted by atomic mass is 19.4. The van der Waals surface area contributed by atoms with Crippen molar-refractivity contribution in [3.05, 3.63) is 34.9 Å². The van der Waals surface area contributed by atoms with E-state index in [1.807, 2.05) is 0 Å². The third kappa shape index (κ3) is 5.42. The molecule has 1 aromatic rings. The molecule has 0 unspecified atom stereocenters. The average Bonchev–Trinajstić information content (AvgIpc) is 2.35. The maximum Gasteiger partial charge on any atom is 0.416 e. The van der Waals surface area contributed by atoms with Crippen LogP contribution in [-0.2, 0) is 17.1 Å². The summed E-state index contributed by atoms with van der Waals surface area (Å²) in [5, 5.41) is 2.78. The molecule has 1 amide bonds. The van der Waals surface area contributed by atoms with Crippen LogP contribution in [0.25, 0.3) is 0 Å². The highest BCUT2D eigenvalue weighted by Crippen LogP contribution is 2.37. The zero-order chi connectivity index (χ0) is 18.0. The molecular weight excluding hydrogens is 326 g/mol. The van der Waals surface area contributed by atoms with Gasteiger partial charge < -0.3 is 11.1 Å². The zero-order valence-electron chi connectivity index (χ0n) is 12.3. The van der Waals surface area contributed by atoms with Gasteiger partial charge >= 0.3 is 12.4 Å². The molecule has 3 N–H and O–H groups in total. The number of primary amides is 1. The van der Waals surface area contributed by atoms with E-state index in [-0.39, 0.29) is 18.7 Å². The maximum absolute atomic E-state index is 12.8. The smallest absolute Gasteiger partial charge is 0.369 e. The Morgan fingerprint density at radius 2 is 1.48 bits per heavy atom. The van der Waals surface area contributed by atoms with Crippen LogP contribution in [0.3, 0.4) is 0 Å². The number of nitrogens with two attached hydrogens (primary N) is 1. The molecule has 130 valence electrons. The lowest BCUT2D eigenvalue weighted by Crippen LogP contribution is -2.34. The third-order valence-electron chi connectivity index (χ3n) is 3.09. The Labute approximate surface area is 128 Å². The van der Waals surface area contributed by atoms with Gasteiger partial charge in [-0.05, 0) is 23.8 Å². The largest absolute Gasteiger partial charge is 0.416 e. The second kappa shape index (κ2) is 6.77. The fourth-order valence-corrected chi connectivity index (χ4v) is 1.92. The quantitative estimate of drug-likeness (QED) is 0.807. The van der Waals surface area contributed by atoms with Crippen LogP contribution >= 0.6 is 0 Å². The van der Waals surface area contributed by atoms with E-state index in [1.165, 1.54) is 0 Å². The van der Waals surface area contributed by atoms with Crippen LogP contribution in [0.15, 0.2) is 18.2 Å². The fourth-order valence-electron chi connectivity index (χ4n) is 1.92. The molecule has 23 heavy (non-hydrogen) atoms. The molecule has 0 fully saturated rings. The van der Waals surface area contributed by atoms with Gasteiger partial charge in [-0.25, -0.2) is 0 Å². The Kier molecular flexibility index (Phi) is 5.68. The van der Waals surface area contributed by atoms with Crippen LogP contribution < -0.4 is 11.1 Å². The monoisotopic (exact) mass is 342 g/mol. The highest BCUT2D eigenvalue weighted by molar-refractivity contribution is 5.82. The van der Waals surface area contributed by atoms with E-state index in [0.29, 0.717) is 12.1 Å². The van der Waals surface area contributed by atoms with Gasteiger partial charge in [-0.15, -0.1) is 0 Å². The Morgan fingerprint density at radius 3 is 1.78 bits per heavy atom. The Morgan fingerprint density at radius 1 is 1.04 bits per heavy atom. The van der Waals surface area contributed by atoms with E-state index in [0.717, 1.165) is 0 Å². The summed E-state index contributed by atoms with van der Waals surface area (Å²) >= 11 is 0. The van der Waals surface area contributed by atoms with E-state index in [2.05, 4.69) is 5.32 Å². The number of alkyl halides is 6. The first-order valence-electron chi connectivity index (χ1n) is 6.64. The molecule has 9 heteroatoms. The summed E-state index contributed by atoms with van der Waals surface area (Å²) in [6.45, 7) is 3.27. The van der Waals surface area contributed by atoms with Gasteiger partial charge in [0.1, 0.15) is 0 Å². The molecule has 0 aliphatic rings. The van der Waals surface area contributed by atoms with Gasteiger partial charge in [-0.3, -0.25) is 4.79 Å². The molecule has 1 rings (SSSR count). The Hall–Kier alpha value is -1.77. The summed E-state index contributed by atoms with van der Waals surface area (Å²) in [7, 11) is 0. The molecule has 0 aliphatic heterocycles. The molecule has 0 aliphatic carbocycles. The van der Waals surface area contributed by atoms with Gasteiger partial charge in [0, 0.05) is 12.6 Å². The van der Waals surface area contributed by atoms with Gasteiger partial charge in [-0.2, -0.15) is 26.3 Å². The van der Waals surface area contributed by atoms with Gasteiger partial charge in [0.25, 0.3) is 0 Å². The van der Waals surface area contributed by atoms with Crippen molar-refractivity contribution in [3.63, 3.8) is 0 Å². The molecule has 0 heterocycles. The van der Waals surface area contributed by atoms with Crippen molar-refractivity contribution in [2.45, 2.75) is 38.2 Å². The first-order valence-corrected chi connectivity index (χ1v) is 6.64. The molecule has 0 spiro atoms. The second-order valence-corrected chi connectivity index (χ2v) is 5.36. The molecule has 0 bridgehead atoms. The van der Waals surface area contributed by atoms with Crippen molar-refractivity contribution in [2.75, 3.05) is 6.54 Å². The van der Waals surface area contributed by atoms with Crippen molar-refractivity contribution >= 4 is 5.91 Å². The van der Waals surface area contributed by atoms with Crippen LogP contribution in [0.2, 0.25) is 0 Å². The van der Waals surface area contributed by atoms with Gasteiger partial charge in [0.15, 0.2) is 0 Å². The molecule has 3 nitrogen and oxygen atoms in total. The minimum absolute atomic E-state index is 0.0113. The predicted octanol–water partition coefficient (Wildman–Crippen LogP) is 3.29. The number of benzene rings is 1. The summed E-state index contributed by atoms with van der Waals surface area (Å²) < 4.78 is 76.9. The normalized spacial score (nSPS) is 14.1. The molecular formula is C14H16F6N2O. The molecule has 1 aromatic carbocycles. The molecule has 0 aromatic heterocycles. The van der Waals surface area contributed by atoms with E-state index in [9.17, 15) is 31.1 Å². The molecule has 0 radical (unpaired) electrons. The second-order valence-electron chi connectivity index (χ2n) is 5.36. The summed E-state index contributed by atoms with van der Waals surface area (Å²) in [4.78, 5) is 11.5. The lowest BCUT2D eigenvalue weighted by Gasteiger charge is -2.20. The summed E-state index contributed by atoms with van der Waals surface area (Å²) in [5.74, 6) is -2.31. The third-order valence-corrected chi connectivity index (χ3v) is 3.09. The van der Waals surface area contributed by atoms with Gasteiger partial charge in [0.05, 0.1) is 17.0 Å². The lowest BCUT2D eigenvalue weighted by atomic mass is 9.93. The summed E-state index contributed by atoms with van der Waals surface area (Å²) in [6.07, 6.45) is -9.94. The standard InChI is InChI=1S/C14H16F6N2O/c1-7(2)22-6-11(12(21)23)8-3-9(13(15,16)17)5-10(4-8)14(18,19)20/h3-5,7,11,22H,6H2,1-2H3,(H2,21,23)/t11-/m1/s1. The number of hydrogen-bond acceptors (Lipinski definition) is 2. The maximum atomic E-state index is 12.8. The van der Waals surface area contributed by atoms with E-state index < -0.39 is 40.9 Å². The van der Waals surface area contributed by atoms with E-state index in [4.69, 9.17) is 5.73 Å². The number of hydrogen-bond donors (Lipinski definition) is 2. The first kappa shape index (κ1) is 19.3. The zero-order valence-corrected chi connectivity index (χ0v) is 12.3. The van der Waals surface area contributed by atoms with Crippen LogP contribution in [0.1, 0.15) is 36.5 Å². The highest BCUT2D eigenvalue weighted by Gasteiger charge is 2.38. The van der Waals surface area contributed by atoms with Crippen LogP contribution in [0, 0.1) is 0 Å². The average molecular weight is 342 g/mol. The molecule has 0 saturated heterocycles. The minimum atomic E-state index is -4.97. The van der Waals surface area contributed by atoms with E-state index in [1.54, 1.807) is 13.8 Å². The number of nitrogens with one attached hydrogen (secondary N) is 1. The van der Waals surface area contributed by atoms with Crippen LogP contribution in [-0.4, -0.2) is 18.5 Å².